The average Bonchev–Trinajstić information content (AvgIpc) is 2.77. The fraction of sp³-hybridized carbons (Fsp3) is 1.00. The molecular weight excluding hydrogens is 396 g/mol. The lowest BCUT2D eigenvalue weighted by molar-refractivity contribution is -0.116. The minimum atomic E-state index is -1.89. The van der Waals surface area contributed by atoms with Crippen LogP contribution in [0.3, 0.4) is 0 Å². The molecule has 6 heteroatoms. The van der Waals surface area contributed by atoms with Gasteiger partial charge >= 0.3 is 9.28 Å². The van der Waals surface area contributed by atoms with Gasteiger partial charge < -0.3 is 23.4 Å². The van der Waals surface area contributed by atoms with E-state index in [0.717, 1.165) is 38.5 Å². The summed E-state index contributed by atoms with van der Waals surface area (Å²) in [5.41, 5.74) is 0.101. The van der Waals surface area contributed by atoms with Gasteiger partial charge in [-0.25, -0.2) is 0 Å². The van der Waals surface area contributed by atoms with Gasteiger partial charge in [0.15, 0.2) is 0 Å². The lowest BCUT2D eigenvalue weighted by atomic mass is 9.83. The summed E-state index contributed by atoms with van der Waals surface area (Å²) in [4.78, 5) is 0. The van der Waals surface area contributed by atoms with Crippen molar-refractivity contribution in [3.8, 4) is 0 Å². The molecule has 176 valence electrons. The van der Waals surface area contributed by atoms with Crippen molar-refractivity contribution in [3.05, 3.63) is 0 Å². The third-order valence-corrected chi connectivity index (χ3v) is 9.60. The predicted octanol–water partition coefficient (Wildman–Crippen LogP) is 4.81. The molecule has 30 heavy (non-hydrogen) atoms. The molecule has 0 bridgehead atoms. The molecule has 4 atom stereocenters. The summed E-state index contributed by atoms with van der Waals surface area (Å²) in [5, 5.41) is 10.6. The van der Waals surface area contributed by atoms with Crippen molar-refractivity contribution in [2.45, 2.75) is 134 Å². The lowest BCUT2D eigenvalue weighted by Gasteiger charge is -2.39. The Kier molecular flexibility index (Phi) is 11.1. The molecule has 0 heterocycles. The van der Waals surface area contributed by atoms with E-state index in [4.69, 9.17) is 18.3 Å². The van der Waals surface area contributed by atoms with Crippen LogP contribution in [0.4, 0.5) is 0 Å². The van der Waals surface area contributed by atoms with Gasteiger partial charge in [0.25, 0.3) is 0 Å². The zero-order valence-electron chi connectivity index (χ0n) is 19.4. The maximum absolute atomic E-state index is 10.6. The smallest absolute Gasteiger partial charge is 0.351 e. The Labute approximate surface area is 186 Å². The second-order valence-electron chi connectivity index (χ2n) is 9.63. The minimum Gasteiger partial charge on any atom is -0.395 e. The Balaban J connectivity index is 1.59. The van der Waals surface area contributed by atoms with Crippen LogP contribution < -0.4 is 0 Å². The number of aliphatic hydroxyl groups excluding tert-OH is 1. The van der Waals surface area contributed by atoms with E-state index in [1.54, 1.807) is 0 Å². The summed E-state index contributed by atoms with van der Waals surface area (Å²) in [6, 6.07) is 0. The van der Waals surface area contributed by atoms with E-state index in [-0.39, 0.29) is 17.9 Å². The second kappa shape index (κ2) is 13.5. The first-order chi connectivity index (χ1) is 14.7. The van der Waals surface area contributed by atoms with E-state index in [0.29, 0.717) is 31.3 Å². The molecule has 3 aliphatic carbocycles. The number of hydrogen-bond donors (Lipinski definition) is 1. The van der Waals surface area contributed by atoms with Gasteiger partial charge in [-0.3, -0.25) is 0 Å². The Morgan fingerprint density at radius 2 is 1.40 bits per heavy atom. The highest BCUT2D eigenvalue weighted by Gasteiger charge is 2.37. The van der Waals surface area contributed by atoms with Crippen molar-refractivity contribution in [3.63, 3.8) is 0 Å². The van der Waals surface area contributed by atoms with Crippen molar-refractivity contribution < 1.29 is 23.4 Å². The van der Waals surface area contributed by atoms with Crippen LogP contribution in [0.1, 0.15) is 104 Å². The topological polar surface area (TPSA) is 57.2 Å². The summed E-state index contributed by atoms with van der Waals surface area (Å²) in [6.07, 6.45) is 16.6. The molecule has 1 N–H and O–H groups in total. The molecule has 0 amide bonds. The van der Waals surface area contributed by atoms with E-state index in [1.165, 1.54) is 51.4 Å². The summed E-state index contributed by atoms with van der Waals surface area (Å²) in [6.45, 7) is 5.50. The van der Waals surface area contributed by atoms with Crippen LogP contribution in [0.25, 0.3) is 0 Å². The maximum atomic E-state index is 10.6. The summed E-state index contributed by atoms with van der Waals surface area (Å²) in [7, 11) is -1.89. The minimum absolute atomic E-state index is 0.0125. The average molecular weight is 443 g/mol. The van der Waals surface area contributed by atoms with Crippen molar-refractivity contribution in [2.24, 2.45) is 5.92 Å². The molecule has 4 unspecified atom stereocenters. The quantitative estimate of drug-likeness (QED) is 0.466. The molecule has 3 aliphatic rings. The second-order valence-corrected chi connectivity index (χ2v) is 11.8. The SMILES string of the molecule is CCO[SiH](OCC)C(CC1CCC(O)C(OC2CCCCC2)C1)OC1CCCCC1. The summed E-state index contributed by atoms with van der Waals surface area (Å²) >= 11 is 0. The first-order valence-corrected chi connectivity index (χ1v) is 14.5. The van der Waals surface area contributed by atoms with Crippen LogP contribution in [0.2, 0.25) is 0 Å². The van der Waals surface area contributed by atoms with E-state index >= 15 is 0 Å². The number of rotatable bonds is 11. The van der Waals surface area contributed by atoms with Crippen molar-refractivity contribution in [2.75, 3.05) is 13.2 Å². The van der Waals surface area contributed by atoms with Gasteiger partial charge in [0, 0.05) is 13.2 Å². The third-order valence-electron chi connectivity index (χ3n) is 7.24. The predicted molar refractivity (Wildman–Crippen MR) is 122 cm³/mol. The van der Waals surface area contributed by atoms with Crippen LogP contribution in [0.5, 0.6) is 0 Å². The Bertz CT molecular complexity index is 447. The van der Waals surface area contributed by atoms with Gasteiger partial charge in [-0.2, -0.15) is 0 Å². The third kappa shape index (κ3) is 7.86. The molecule has 0 aromatic rings. The van der Waals surface area contributed by atoms with Crippen LogP contribution >= 0.6 is 0 Å². The molecule has 0 spiro atoms. The van der Waals surface area contributed by atoms with Crippen molar-refractivity contribution >= 4 is 9.28 Å². The zero-order valence-corrected chi connectivity index (χ0v) is 20.6. The highest BCUT2D eigenvalue weighted by Crippen LogP contribution is 2.34. The molecular formula is C24H46O5Si. The van der Waals surface area contributed by atoms with Crippen molar-refractivity contribution in [1.29, 1.82) is 0 Å². The van der Waals surface area contributed by atoms with Crippen LogP contribution in [0, 0.1) is 5.92 Å². The Morgan fingerprint density at radius 1 is 0.800 bits per heavy atom. The molecule has 0 aliphatic heterocycles. The molecule has 0 radical (unpaired) electrons. The monoisotopic (exact) mass is 442 g/mol. The highest BCUT2D eigenvalue weighted by molar-refractivity contribution is 6.46. The lowest BCUT2D eigenvalue weighted by Crippen LogP contribution is -2.45. The molecule has 0 saturated heterocycles. The first-order valence-electron chi connectivity index (χ1n) is 12.9. The standard InChI is InChI=1S/C24H46O5Si/c1-3-26-30(27-4-2)24(29-21-13-9-6-10-14-21)18-19-15-16-22(25)23(17-19)28-20-11-7-5-8-12-20/h19-25,30H,3-18H2,1-2H3. The highest BCUT2D eigenvalue weighted by atomic mass is 28.3. The fourth-order valence-electron chi connectivity index (χ4n) is 5.60. The molecule has 0 aromatic carbocycles. The van der Waals surface area contributed by atoms with Gasteiger partial charge in [-0.1, -0.05) is 38.5 Å². The summed E-state index contributed by atoms with van der Waals surface area (Å²) in [5.74, 6) is 0.520. The number of aliphatic hydroxyl groups is 1. The molecule has 3 rings (SSSR count). The van der Waals surface area contributed by atoms with Crippen molar-refractivity contribution in [1.82, 2.24) is 0 Å². The van der Waals surface area contributed by atoms with Gasteiger partial charge in [0.05, 0.1) is 30.1 Å². The van der Waals surface area contributed by atoms with Gasteiger partial charge in [0.2, 0.25) is 0 Å². The van der Waals surface area contributed by atoms with Gasteiger partial charge in [-0.05, 0) is 71.1 Å². The van der Waals surface area contributed by atoms with Crippen LogP contribution in [-0.2, 0) is 18.3 Å². The zero-order chi connectivity index (χ0) is 21.2. The van der Waals surface area contributed by atoms with Gasteiger partial charge in [0.1, 0.15) is 0 Å². The fourth-order valence-corrected chi connectivity index (χ4v) is 7.74. The van der Waals surface area contributed by atoms with Crippen LogP contribution in [-0.4, -0.2) is 57.7 Å². The largest absolute Gasteiger partial charge is 0.395 e. The maximum Gasteiger partial charge on any atom is 0.351 e. The van der Waals surface area contributed by atoms with Gasteiger partial charge in [-0.15, -0.1) is 0 Å². The Morgan fingerprint density at radius 3 is 2.00 bits per heavy atom. The van der Waals surface area contributed by atoms with Crippen LogP contribution in [0.15, 0.2) is 0 Å². The first kappa shape index (κ1) is 24.7. The molecule has 0 aromatic heterocycles. The normalized spacial score (nSPS) is 30.6. The molecule has 5 nitrogen and oxygen atoms in total. The van der Waals surface area contributed by atoms with E-state index in [1.807, 2.05) is 0 Å². The Hall–Kier alpha value is 0.0169. The molecule has 3 saturated carbocycles. The van der Waals surface area contributed by atoms with E-state index in [9.17, 15) is 5.11 Å². The number of ether oxygens (including phenoxy) is 2. The van der Waals surface area contributed by atoms with E-state index in [2.05, 4.69) is 13.8 Å². The number of hydrogen-bond acceptors (Lipinski definition) is 5. The molecule has 3 fully saturated rings. The van der Waals surface area contributed by atoms with E-state index < -0.39 is 9.28 Å². The summed E-state index contributed by atoms with van der Waals surface area (Å²) < 4.78 is 25.3.